The van der Waals surface area contributed by atoms with Crippen LogP contribution in [-0.4, -0.2) is 59.7 Å². The van der Waals surface area contributed by atoms with Crippen LogP contribution in [0.25, 0.3) is 10.9 Å². The van der Waals surface area contributed by atoms with E-state index >= 15 is 0 Å². The number of amides is 3. The number of carbonyl (C=O) groups excluding carboxylic acids is 4. The number of hydrogen-bond acceptors (Lipinski definition) is 7. The number of primary amides is 1. The second kappa shape index (κ2) is 14.4. The summed E-state index contributed by atoms with van der Waals surface area (Å²) in [6.07, 6.45) is 1.90. The molecule has 2 aromatic carbocycles. The zero-order valence-electron chi connectivity index (χ0n) is 22.3. The summed E-state index contributed by atoms with van der Waals surface area (Å²) < 4.78 is 4.98. The van der Waals surface area contributed by atoms with Gasteiger partial charge >= 0.3 is 5.97 Å². The molecule has 0 radical (unpaired) electrons. The molecule has 12 nitrogen and oxygen atoms in total. The molecule has 0 spiro atoms. The molecule has 0 fully saturated rings. The Morgan fingerprint density at radius 3 is 2.40 bits per heavy atom. The van der Waals surface area contributed by atoms with Crippen molar-refractivity contribution in [2.75, 3.05) is 13.2 Å². The standard InChI is InChI=1S/C28H35N7O5/c1-2-40-25(37)16-33-23(13-19-15-32-21-6-4-3-5-20(19)21)28(39)35-22(11-12-24(29)36)27(38)34-14-17-7-9-18(10-8-17)26(30)31/h3-10,15,22-23,32-33H,2,11-14,16H2,1H3,(H2,29,36)(H3,30,31)(H,34,38)(H,35,39). The zero-order chi connectivity index (χ0) is 29.1. The summed E-state index contributed by atoms with van der Waals surface area (Å²) in [4.78, 5) is 53.2. The average Bonchev–Trinajstić information content (AvgIpc) is 3.34. The van der Waals surface area contributed by atoms with Gasteiger partial charge in [0.15, 0.2) is 0 Å². The summed E-state index contributed by atoms with van der Waals surface area (Å²) in [6, 6.07) is 12.5. The highest BCUT2D eigenvalue weighted by Gasteiger charge is 2.27. The van der Waals surface area contributed by atoms with E-state index in [1.165, 1.54) is 0 Å². The van der Waals surface area contributed by atoms with Gasteiger partial charge in [-0.05, 0) is 37.0 Å². The van der Waals surface area contributed by atoms with E-state index in [0.29, 0.717) is 5.56 Å². The van der Waals surface area contributed by atoms with Gasteiger partial charge in [0.25, 0.3) is 0 Å². The molecule has 0 saturated heterocycles. The lowest BCUT2D eigenvalue weighted by Gasteiger charge is -2.23. The van der Waals surface area contributed by atoms with Crippen LogP contribution in [0.1, 0.15) is 36.5 Å². The first kappa shape index (κ1) is 29.8. The molecule has 2 atom stereocenters. The van der Waals surface area contributed by atoms with Crippen molar-refractivity contribution in [2.24, 2.45) is 11.5 Å². The molecule has 9 N–H and O–H groups in total. The van der Waals surface area contributed by atoms with E-state index in [-0.39, 0.29) is 44.8 Å². The maximum Gasteiger partial charge on any atom is 0.319 e. The predicted molar refractivity (Wildman–Crippen MR) is 150 cm³/mol. The van der Waals surface area contributed by atoms with Crippen molar-refractivity contribution < 1.29 is 23.9 Å². The maximum absolute atomic E-state index is 13.4. The SMILES string of the molecule is CCOC(=O)CNC(Cc1c[nH]c2ccccc12)C(=O)NC(CCC(N)=O)C(=O)NCc1ccc(C(=N)N)cc1. The average molecular weight is 550 g/mol. The lowest BCUT2D eigenvalue weighted by atomic mass is 10.0. The molecule has 1 heterocycles. The lowest BCUT2D eigenvalue weighted by molar-refractivity contribution is -0.142. The van der Waals surface area contributed by atoms with Gasteiger partial charge in [0, 0.05) is 35.6 Å². The van der Waals surface area contributed by atoms with Gasteiger partial charge in [-0.1, -0.05) is 42.5 Å². The number of nitrogen functional groups attached to an aromatic ring is 1. The van der Waals surface area contributed by atoms with Crippen LogP contribution in [-0.2, 0) is 36.9 Å². The largest absolute Gasteiger partial charge is 0.465 e. The Balaban J connectivity index is 1.73. The molecule has 40 heavy (non-hydrogen) atoms. The van der Waals surface area contributed by atoms with Gasteiger partial charge < -0.3 is 31.8 Å². The third-order valence-corrected chi connectivity index (χ3v) is 6.26. The fourth-order valence-corrected chi connectivity index (χ4v) is 4.14. The molecule has 0 aliphatic heterocycles. The lowest BCUT2D eigenvalue weighted by Crippen LogP contribution is -2.54. The highest BCUT2D eigenvalue weighted by atomic mass is 16.5. The van der Waals surface area contributed by atoms with E-state index in [1.54, 1.807) is 37.4 Å². The van der Waals surface area contributed by atoms with E-state index < -0.39 is 35.8 Å². The highest BCUT2D eigenvalue weighted by Crippen LogP contribution is 2.19. The molecule has 3 rings (SSSR count). The van der Waals surface area contributed by atoms with Crippen LogP contribution >= 0.6 is 0 Å². The van der Waals surface area contributed by atoms with E-state index in [2.05, 4.69) is 20.9 Å². The number of carbonyl (C=O) groups is 4. The van der Waals surface area contributed by atoms with Crippen LogP contribution in [0.15, 0.2) is 54.7 Å². The third kappa shape index (κ3) is 8.67. The van der Waals surface area contributed by atoms with Crippen molar-refractivity contribution in [3.05, 3.63) is 71.4 Å². The zero-order valence-corrected chi connectivity index (χ0v) is 22.3. The number of ether oxygens (including phenoxy) is 1. The van der Waals surface area contributed by atoms with Crippen molar-refractivity contribution in [3.63, 3.8) is 0 Å². The number of hydrogen-bond donors (Lipinski definition) is 7. The van der Waals surface area contributed by atoms with Crippen molar-refractivity contribution in [1.82, 2.24) is 20.9 Å². The molecule has 2 unspecified atom stereocenters. The number of nitrogens with two attached hydrogens (primary N) is 2. The van der Waals surface area contributed by atoms with Crippen LogP contribution in [0.3, 0.4) is 0 Å². The smallest absolute Gasteiger partial charge is 0.319 e. The third-order valence-electron chi connectivity index (χ3n) is 6.26. The van der Waals surface area contributed by atoms with Crippen molar-refractivity contribution in [2.45, 2.75) is 44.8 Å². The summed E-state index contributed by atoms with van der Waals surface area (Å²) >= 11 is 0. The van der Waals surface area contributed by atoms with Gasteiger partial charge in [0.1, 0.15) is 11.9 Å². The Hall–Kier alpha value is -4.71. The quantitative estimate of drug-likeness (QED) is 0.0815. The van der Waals surface area contributed by atoms with Crippen LogP contribution in [0, 0.1) is 5.41 Å². The molecule has 0 saturated carbocycles. The van der Waals surface area contributed by atoms with Crippen LogP contribution in [0.4, 0.5) is 0 Å². The normalized spacial score (nSPS) is 12.3. The molecular weight excluding hydrogens is 514 g/mol. The highest BCUT2D eigenvalue weighted by molar-refractivity contribution is 5.95. The van der Waals surface area contributed by atoms with Gasteiger partial charge in [-0.15, -0.1) is 0 Å². The number of rotatable bonds is 15. The fraction of sp³-hybridized carbons (Fsp3) is 0.321. The van der Waals surface area contributed by atoms with Gasteiger partial charge in [-0.3, -0.25) is 29.9 Å². The number of aromatic nitrogens is 1. The van der Waals surface area contributed by atoms with Gasteiger partial charge in [0.05, 0.1) is 19.2 Å². The maximum atomic E-state index is 13.4. The number of para-hydroxylation sites is 1. The molecule has 1 aromatic heterocycles. The minimum Gasteiger partial charge on any atom is -0.465 e. The topological polar surface area (TPSA) is 205 Å². The molecule has 0 aliphatic carbocycles. The van der Waals surface area contributed by atoms with E-state index in [0.717, 1.165) is 22.0 Å². The second-order valence-electron chi connectivity index (χ2n) is 9.20. The van der Waals surface area contributed by atoms with Gasteiger partial charge in [0.2, 0.25) is 17.7 Å². The number of benzene rings is 2. The number of esters is 1. The van der Waals surface area contributed by atoms with Crippen molar-refractivity contribution in [3.8, 4) is 0 Å². The second-order valence-corrected chi connectivity index (χ2v) is 9.20. The molecule has 3 amide bonds. The summed E-state index contributed by atoms with van der Waals surface area (Å²) in [6.45, 7) is 1.84. The first-order chi connectivity index (χ1) is 19.2. The molecule has 12 heteroatoms. The molecular formula is C28H35N7O5. The van der Waals surface area contributed by atoms with Gasteiger partial charge in [-0.25, -0.2) is 0 Å². The van der Waals surface area contributed by atoms with E-state index in [1.807, 2.05) is 24.3 Å². The summed E-state index contributed by atoms with van der Waals surface area (Å²) in [5.74, 6) is -2.21. The summed E-state index contributed by atoms with van der Waals surface area (Å²) in [5.41, 5.74) is 13.8. The Bertz CT molecular complexity index is 1350. The molecule has 0 aliphatic rings. The number of H-pyrrole nitrogens is 1. The molecule has 212 valence electrons. The monoisotopic (exact) mass is 549 g/mol. The fourth-order valence-electron chi connectivity index (χ4n) is 4.14. The summed E-state index contributed by atoms with van der Waals surface area (Å²) in [5, 5.41) is 16.8. The Morgan fingerprint density at radius 1 is 1.00 bits per heavy atom. The van der Waals surface area contributed by atoms with E-state index in [4.69, 9.17) is 21.6 Å². The molecule has 3 aromatic rings. The summed E-state index contributed by atoms with van der Waals surface area (Å²) in [7, 11) is 0. The number of fused-ring (bicyclic) bond motifs is 1. The van der Waals surface area contributed by atoms with Crippen molar-refractivity contribution >= 4 is 40.4 Å². The minimum atomic E-state index is -1.05. The Labute approximate surface area is 231 Å². The number of nitrogens with one attached hydrogen (secondary N) is 5. The predicted octanol–water partition coefficient (Wildman–Crippen LogP) is 0.582. The van der Waals surface area contributed by atoms with Crippen LogP contribution in [0.2, 0.25) is 0 Å². The Morgan fingerprint density at radius 2 is 1.73 bits per heavy atom. The van der Waals surface area contributed by atoms with Crippen molar-refractivity contribution in [1.29, 1.82) is 5.41 Å². The first-order valence-corrected chi connectivity index (χ1v) is 12.9. The molecule has 0 bridgehead atoms. The Kier molecular flexibility index (Phi) is 10.8. The first-order valence-electron chi connectivity index (χ1n) is 12.9. The number of amidine groups is 1. The van der Waals surface area contributed by atoms with Crippen LogP contribution < -0.4 is 27.4 Å². The van der Waals surface area contributed by atoms with Gasteiger partial charge in [-0.2, -0.15) is 0 Å². The van der Waals surface area contributed by atoms with Crippen LogP contribution in [0.5, 0.6) is 0 Å². The van der Waals surface area contributed by atoms with E-state index in [9.17, 15) is 19.2 Å². The minimum absolute atomic E-state index is 0.00609. The number of aromatic amines is 1.